The van der Waals surface area contributed by atoms with Crippen LogP contribution in [0.1, 0.15) is 20.3 Å². The van der Waals surface area contributed by atoms with Gasteiger partial charge in [-0.1, -0.05) is 0 Å². The van der Waals surface area contributed by atoms with Gasteiger partial charge in [0.05, 0.1) is 6.42 Å². The molecule has 0 heterocycles. The predicted octanol–water partition coefficient (Wildman–Crippen LogP) is 0.174. The molecule has 43 valence electrons. The zero-order valence-electron chi connectivity index (χ0n) is 5.10. The Morgan fingerprint density at radius 1 is 1.12 bits per heavy atom. The van der Waals surface area contributed by atoms with Crippen molar-refractivity contribution in [2.75, 3.05) is 0 Å². The molecule has 0 unspecified atom stereocenters. The molecular formula is C5H8GaO2. The standard InChI is InChI=1S/C5H8O2.Ga/c1-4(6)3-5(2)7;/h3H2,1-2H3;. The quantitative estimate of drug-likeness (QED) is 0.437. The van der Waals surface area contributed by atoms with Gasteiger partial charge < -0.3 is 0 Å². The van der Waals surface area contributed by atoms with Gasteiger partial charge in [-0.05, 0) is 13.8 Å². The minimum absolute atomic E-state index is 0. The molecule has 0 aliphatic heterocycles. The van der Waals surface area contributed by atoms with Crippen molar-refractivity contribution in [3.05, 3.63) is 0 Å². The van der Waals surface area contributed by atoms with E-state index < -0.39 is 0 Å². The van der Waals surface area contributed by atoms with Crippen molar-refractivity contribution >= 4 is 31.4 Å². The topological polar surface area (TPSA) is 34.1 Å². The van der Waals surface area contributed by atoms with Gasteiger partial charge in [0, 0.05) is 19.8 Å². The molecule has 3 heteroatoms. The zero-order valence-corrected chi connectivity index (χ0v) is 7.52. The summed E-state index contributed by atoms with van der Waals surface area (Å²) >= 11 is 0. The van der Waals surface area contributed by atoms with E-state index in [1.807, 2.05) is 0 Å². The first-order valence-corrected chi connectivity index (χ1v) is 2.12. The van der Waals surface area contributed by atoms with Gasteiger partial charge in [-0.25, -0.2) is 0 Å². The second kappa shape index (κ2) is 5.12. The van der Waals surface area contributed by atoms with Gasteiger partial charge in [-0.2, -0.15) is 0 Å². The molecule has 0 rings (SSSR count). The van der Waals surface area contributed by atoms with Crippen LogP contribution in [0.25, 0.3) is 0 Å². The van der Waals surface area contributed by atoms with Crippen LogP contribution in [0.4, 0.5) is 0 Å². The van der Waals surface area contributed by atoms with Crippen molar-refractivity contribution in [1.29, 1.82) is 0 Å². The van der Waals surface area contributed by atoms with Crippen LogP contribution in [0.5, 0.6) is 0 Å². The molecule has 0 atom stereocenters. The van der Waals surface area contributed by atoms with Gasteiger partial charge in [0.1, 0.15) is 11.6 Å². The minimum atomic E-state index is -0.0625. The molecule has 3 radical (unpaired) electrons. The van der Waals surface area contributed by atoms with Crippen LogP contribution >= 0.6 is 0 Å². The van der Waals surface area contributed by atoms with Gasteiger partial charge in [0.25, 0.3) is 0 Å². The SMILES string of the molecule is CC(=O)CC(C)=O.[Ga]. The Bertz CT molecular complexity index is 86.6. The van der Waals surface area contributed by atoms with E-state index in [9.17, 15) is 9.59 Å². The molecule has 0 saturated heterocycles. The van der Waals surface area contributed by atoms with Gasteiger partial charge in [-0.3, -0.25) is 9.59 Å². The molecule has 0 aromatic heterocycles. The van der Waals surface area contributed by atoms with Crippen LogP contribution in [0.15, 0.2) is 0 Å². The average Bonchev–Trinajstić information content (AvgIpc) is 1.27. The molecule has 0 aliphatic rings. The molecule has 0 fully saturated rings. The molecule has 0 aromatic carbocycles. The maximum Gasteiger partial charge on any atom is 0.137 e. The fourth-order valence-corrected chi connectivity index (χ4v) is 0.351. The normalized spacial score (nSPS) is 7.25. The number of Topliss-reactive ketones (excluding diaryl/α,β-unsaturated/α-hetero) is 2. The Labute approximate surface area is 61.7 Å². The summed E-state index contributed by atoms with van der Waals surface area (Å²) in [5.74, 6) is -0.125. The van der Waals surface area contributed by atoms with Crippen molar-refractivity contribution in [2.24, 2.45) is 0 Å². The van der Waals surface area contributed by atoms with E-state index in [2.05, 4.69) is 0 Å². The molecular weight excluding hydrogens is 162 g/mol. The summed E-state index contributed by atoms with van der Waals surface area (Å²) in [6, 6.07) is 0. The minimum Gasteiger partial charge on any atom is -0.300 e. The molecule has 0 amide bonds. The second-order valence-electron chi connectivity index (χ2n) is 1.58. The van der Waals surface area contributed by atoms with Crippen molar-refractivity contribution in [3.63, 3.8) is 0 Å². The van der Waals surface area contributed by atoms with E-state index in [1.54, 1.807) is 0 Å². The van der Waals surface area contributed by atoms with Crippen LogP contribution in [0.3, 0.4) is 0 Å². The summed E-state index contributed by atoms with van der Waals surface area (Å²) in [7, 11) is 0. The second-order valence-corrected chi connectivity index (χ2v) is 1.58. The smallest absolute Gasteiger partial charge is 0.137 e. The van der Waals surface area contributed by atoms with Gasteiger partial charge in [0.2, 0.25) is 0 Å². The van der Waals surface area contributed by atoms with Gasteiger partial charge >= 0.3 is 0 Å². The first-order chi connectivity index (χ1) is 3.13. The molecule has 0 aromatic rings. The largest absolute Gasteiger partial charge is 0.300 e. The number of carbonyl (C=O) groups excluding carboxylic acids is 2. The maximum atomic E-state index is 10.0. The van der Waals surface area contributed by atoms with Crippen molar-refractivity contribution < 1.29 is 9.59 Å². The van der Waals surface area contributed by atoms with E-state index in [4.69, 9.17) is 0 Å². The molecule has 2 nitrogen and oxygen atoms in total. The first-order valence-electron chi connectivity index (χ1n) is 2.12. The number of carbonyl (C=O) groups is 2. The van der Waals surface area contributed by atoms with Crippen molar-refractivity contribution in [1.82, 2.24) is 0 Å². The summed E-state index contributed by atoms with van der Waals surface area (Å²) in [6.45, 7) is 2.81. The molecule has 8 heavy (non-hydrogen) atoms. The Hall–Kier alpha value is -0.0236. The zero-order chi connectivity index (χ0) is 5.86. The summed E-state index contributed by atoms with van der Waals surface area (Å²) in [6.07, 6.45) is 0.0833. The fraction of sp³-hybridized carbons (Fsp3) is 0.600. The van der Waals surface area contributed by atoms with Crippen molar-refractivity contribution in [3.8, 4) is 0 Å². The van der Waals surface area contributed by atoms with E-state index >= 15 is 0 Å². The Morgan fingerprint density at radius 3 is 1.38 bits per heavy atom. The van der Waals surface area contributed by atoms with Crippen LogP contribution in [-0.4, -0.2) is 31.4 Å². The van der Waals surface area contributed by atoms with E-state index in [-0.39, 0.29) is 37.8 Å². The number of hydrogen-bond donors (Lipinski definition) is 0. The summed E-state index contributed by atoms with van der Waals surface area (Å²) in [5.41, 5.74) is 0. The third-order valence-electron chi connectivity index (χ3n) is 0.498. The van der Waals surface area contributed by atoms with Crippen LogP contribution in [0, 0.1) is 0 Å². The Balaban J connectivity index is 0. The first kappa shape index (κ1) is 10.9. The van der Waals surface area contributed by atoms with Crippen LogP contribution in [-0.2, 0) is 9.59 Å². The van der Waals surface area contributed by atoms with E-state index in [1.165, 1.54) is 13.8 Å². The average molecular weight is 170 g/mol. The molecule has 0 N–H and O–H groups in total. The Morgan fingerprint density at radius 2 is 1.38 bits per heavy atom. The fourth-order valence-electron chi connectivity index (χ4n) is 0.351. The third-order valence-corrected chi connectivity index (χ3v) is 0.498. The maximum absolute atomic E-state index is 10.0. The summed E-state index contributed by atoms with van der Waals surface area (Å²) in [4.78, 5) is 20.1. The molecule has 0 saturated carbocycles. The molecule has 0 spiro atoms. The summed E-state index contributed by atoms with van der Waals surface area (Å²) in [5, 5.41) is 0. The summed E-state index contributed by atoms with van der Waals surface area (Å²) < 4.78 is 0. The molecule has 0 bridgehead atoms. The van der Waals surface area contributed by atoms with E-state index in [0.29, 0.717) is 0 Å². The van der Waals surface area contributed by atoms with Crippen molar-refractivity contribution in [2.45, 2.75) is 20.3 Å². The Kier molecular flexibility index (Phi) is 6.96. The van der Waals surface area contributed by atoms with Gasteiger partial charge in [-0.15, -0.1) is 0 Å². The molecule has 0 aliphatic carbocycles. The monoisotopic (exact) mass is 169 g/mol. The predicted molar refractivity (Wildman–Crippen MR) is 31.7 cm³/mol. The van der Waals surface area contributed by atoms with Crippen LogP contribution < -0.4 is 0 Å². The third kappa shape index (κ3) is 9.36. The number of rotatable bonds is 2. The van der Waals surface area contributed by atoms with E-state index in [0.717, 1.165) is 0 Å². The number of hydrogen-bond acceptors (Lipinski definition) is 2. The number of ketones is 2. The van der Waals surface area contributed by atoms with Gasteiger partial charge in [0.15, 0.2) is 0 Å². The van der Waals surface area contributed by atoms with Crippen LogP contribution in [0.2, 0.25) is 0 Å².